The van der Waals surface area contributed by atoms with Crippen molar-refractivity contribution in [2.45, 2.75) is 6.61 Å². The van der Waals surface area contributed by atoms with Crippen molar-refractivity contribution in [3.63, 3.8) is 0 Å². The van der Waals surface area contributed by atoms with Crippen LogP contribution in [0.25, 0.3) is 10.8 Å². The summed E-state index contributed by atoms with van der Waals surface area (Å²) >= 11 is 12.1. The summed E-state index contributed by atoms with van der Waals surface area (Å²) in [7, 11) is 1.59. The average molecular weight is 453 g/mol. The maximum Gasteiger partial charge on any atom is 0.176 e. The minimum absolute atomic E-state index is 0.293. The van der Waals surface area contributed by atoms with Crippen molar-refractivity contribution in [1.82, 2.24) is 10.2 Å². The molecule has 1 aromatic heterocycles. The van der Waals surface area contributed by atoms with E-state index < -0.39 is 0 Å². The van der Waals surface area contributed by atoms with Gasteiger partial charge in [-0.05, 0) is 35.9 Å². The van der Waals surface area contributed by atoms with Gasteiger partial charge in [0.25, 0.3) is 0 Å². The first kappa shape index (κ1) is 20.9. The zero-order valence-corrected chi connectivity index (χ0v) is 18.1. The number of aromatic nitrogens is 2. The highest BCUT2D eigenvalue weighted by atomic mass is 35.5. The number of halogens is 2. The Kier molecular flexibility index (Phi) is 6.50. The van der Waals surface area contributed by atoms with Crippen molar-refractivity contribution in [3.8, 4) is 11.5 Å². The van der Waals surface area contributed by atoms with Crippen LogP contribution in [-0.2, 0) is 6.61 Å². The molecule has 0 fully saturated rings. The summed E-state index contributed by atoms with van der Waals surface area (Å²) < 4.78 is 11.3. The Labute approximate surface area is 189 Å². The van der Waals surface area contributed by atoms with Crippen molar-refractivity contribution < 1.29 is 9.47 Å². The molecule has 0 radical (unpaired) electrons. The molecule has 0 unspecified atom stereocenters. The average Bonchev–Trinajstić information content (AvgIpc) is 2.79. The van der Waals surface area contributed by atoms with Gasteiger partial charge in [-0.15, -0.1) is 5.10 Å². The van der Waals surface area contributed by atoms with E-state index >= 15 is 0 Å². The van der Waals surface area contributed by atoms with E-state index in [2.05, 4.69) is 20.7 Å². The number of ether oxygens (including phenoxy) is 2. The van der Waals surface area contributed by atoms with Gasteiger partial charge in [0.15, 0.2) is 17.3 Å². The van der Waals surface area contributed by atoms with E-state index in [9.17, 15) is 0 Å². The number of fused-ring (bicyclic) bond motifs is 1. The molecule has 0 aliphatic carbocycles. The van der Waals surface area contributed by atoms with Gasteiger partial charge in [-0.25, -0.2) is 0 Å². The van der Waals surface area contributed by atoms with Crippen LogP contribution in [0.5, 0.6) is 11.5 Å². The van der Waals surface area contributed by atoms with Crippen LogP contribution in [0.2, 0.25) is 10.0 Å². The van der Waals surface area contributed by atoms with Gasteiger partial charge >= 0.3 is 0 Å². The predicted molar refractivity (Wildman–Crippen MR) is 125 cm³/mol. The summed E-state index contributed by atoms with van der Waals surface area (Å²) in [6.45, 7) is 0.293. The number of rotatable bonds is 7. The summed E-state index contributed by atoms with van der Waals surface area (Å²) in [5.74, 6) is 1.76. The topological polar surface area (TPSA) is 68.6 Å². The Bertz CT molecular complexity index is 1240. The number of hydrogen-bond donors (Lipinski definition) is 1. The number of nitrogens with zero attached hydrogens (tertiary/aromatic N) is 3. The highest BCUT2D eigenvalue weighted by Crippen LogP contribution is 2.30. The number of methoxy groups -OCH3 is 1. The van der Waals surface area contributed by atoms with Crippen LogP contribution in [0.15, 0.2) is 72.0 Å². The van der Waals surface area contributed by atoms with Crippen LogP contribution in [0, 0.1) is 0 Å². The molecule has 31 heavy (non-hydrogen) atoms. The Morgan fingerprint density at radius 2 is 1.90 bits per heavy atom. The van der Waals surface area contributed by atoms with E-state index in [1.807, 2.05) is 48.5 Å². The van der Waals surface area contributed by atoms with E-state index in [0.29, 0.717) is 34.0 Å². The summed E-state index contributed by atoms with van der Waals surface area (Å²) in [5, 5.41) is 15.4. The second kappa shape index (κ2) is 9.64. The van der Waals surface area contributed by atoms with Crippen molar-refractivity contribution >= 4 is 46.0 Å². The van der Waals surface area contributed by atoms with Gasteiger partial charge in [0.2, 0.25) is 0 Å². The van der Waals surface area contributed by atoms with Crippen molar-refractivity contribution in [1.29, 1.82) is 0 Å². The van der Waals surface area contributed by atoms with E-state index in [0.717, 1.165) is 21.9 Å². The standard InChI is InChI=1S/C23H18Cl2N4O2/c1-30-22-10-15(6-9-21(22)31-14-17-7-8-18(24)11-20(17)25)12-26-28-23-19-5-3-2-4-16(19)13-27-29-23/h2-13H,14H2,1H3,(H,28,29). The maximum atomic E-state index is 6.21. The molecule has 156 valence electrons. The zero-order valence-electron chi connectivity index (χ0n) is 16.5. The third-order valence-corrected chi connectivity index (χ3v) is 5.13. The van der Waals surface area contributed by atoms with Crippen molar-refractivity contribution in [2.24, 2.45) is 5.10 Å². The van der Waals surface area contributed by atoms with Gasteiger partial charge in [0, 0.05) is 26.4 Å². The Morgan fingerprint density at radius 1 is 1.03 bits per heavy atom. The molecular weight excluding hydrogens is 435 g/mol. The van der Waals surface area contributed by atoms with E-state index in [4.69, 9.17) is 32.7 Å². The number of hydrogen-bond acceptors (Lipinski definition) is 6. The van der Waals surface area contributed by atoms with E-state index in [1.165, 1.54) is 0 Å². The largest absolute Gasteiger partial charge is 0.493 e. The van der Waals surface area contributed by atoms with Crippen LogP contribution in [0.4, 0.5) is 5.82 Å². The number of nitrogens with one attached hydrogen (secondary N) is 1. The predicted octanol–water partition coefficient (Wildman–Crippen LogP) is 5.97. The molecule has 0 atom stereocenters. The molecule has 0 saturated heterocycles. The second-order valence-electron chi connectivity index (χ2n) is 6.59. The fourth-order valence-corrected chi connectivity index (χ4v) is 3.42. The molecule has 1 heterocycles. The summed E-state index contributed by atoms with van der Waals surface area (Å²) in [5.41, 5.74) is 4.60. The SMILES string of the molecule is COc1cc(C=NNc2nncc3ccccc23)ccc1OCc1ccc(Cl)cc1Cl. The third-order valence-electron chi connectivity index (χ3n) is 4.54. The highest BCUT2D eigenvalue weighted by Gasteiger charge is 2.08. The normalized spacial score (nSPS) is 11.1. The van der Waals surface area contributed by atoms with Crippen LogP contribution < -0.4 is 14.9 Å². The minimum Gasteiger partial charge on any atom is -0.493 e. The lowest BCUT2D eigenvalue weighted by molar-refractivity contribution is 0.284. The van der Waals surface area contributed by atoms with Crippen molar-refractivity contribution in [3.05, 3.63) is 88.0 Å². The lowest BCUT2D eigenvalue weighted by Crippen LogP contribution is -2.00. The second-order valence-corrected chi connectivity index (χ2v) is 7.43. The number of benzene rings is 3. The first-order valence-electron chi connectivity index (χ1n) is 9.38. The van der Waals surface area contributed by atoms with Crippen LogP contribution in [0.1, 0.15) is 11.1 Å². The first-order valence-corrected chi connectivity index (χ1v) is 10.1. The minimum atomic E-state index is 0.293. The summed E-state index contributed by atoms with van der Waals surface area (Å²) in [6, 6.07) is 18.7. The molecule has 3 aromatic carbocycles. The molecule has 0 amide bonds. The van der Waals surface area contributed by atoms with E-state index in [1.54, 1.807) is 31.7 Å². The van der Waals surface area contributed by atoms with Crippen LogP contribution in [0.3, 0.4) is 0 Å². The molecule has 8 heteroatoms. The molecule has 0 aliphatic rings. The number of anilines is 1. The molecule has 4 rings (SSSR count). The van der Waals surface area contributed by atoms with Gasteiger partial charge in [0.1, 0.15) is 6.61 Å². The first-order chi connectivity index (χ1) is 15.1. The third kappa shape index (κ3) is 5.05. The lowest BCUT2D eigenvalue weighted by Gasteiger charge is -2.12. The quantitative estimate of drug-likeness (QED) is 0.276. The number of hydrazone groups is 1. The van der Waals surface area contributed by atoms with Gasteiger partial charge in [-0.3, -0.25) is 5.43 Å². The van der Waals surface area contributed by atoms with Crippen LogP contribution >= 0.6 is 23.2 Å². The molecule has 0 bridgehead atoms. The molecule has 4 aromatic rings. The van der Waals surface area contributed by atoms with Crippen molar-refractivity contribution in [2.75, 3.05) is 12.5 Å². The van der Waals surface area contributed by atoms with Gasteiger partial charge < -0.3 is 9.47 Å². The molecule has 1 N–H and O–H groups in total. The summed E-state index contributed by atoms with van der Waals surface area (Å²) in [6.07, 6.45) is 3.39. The van der Waals surface area contributed by atoms with Gasteiger partial charge in [-0.2, -0.15) is 10.2 Å². The molecule has 0 spiro atoms. The highest BCUT2D eigenvalue weighted by molar-refractivity contribution is 6.35. The Balaban J connectivity index is 1.46. The van der Waals surface area contributed by atoms with Gasteiger partial charge in [-0.1, -0.05) is 53.5 Å². The van der Waals surface area contributed by atoms with Gasteiger partial charge in [0.05, 0.1) is 19.5 Å². The van der Waals surface area contributed by atoms with E-state index in [-0.39, 0.29) is 0 Å². The lowest BCUT2D eigenvalue weighted by atomic mass is 10.2. The smallest absolute Gasteiger partial charge is 0.176 e. The fourth-order valence-electron chi connectivity index (χ4n) is 2.96. The Morgan fingerprint density at radius 3 is 2.74 bits per heavy atom. The fraction of sp³-hybridized carbons (Fsp3) is 0.0870. The summed E-state index contributed by atoms with van der Waals surface area (Å²) in [4.78, 5) is 0. The molecule has 0 aliphatic heterocycles. The van der Waals surface area contributed by atoms with Crippen LogP contribution in [-0.4, -0.2) is 23.5 Å². The molecule has 6 nitrogen and oxygen atoms in total. The Hall–Kier alpha value is -3.35. The molecular formula is C23H18Cl2N4O2. The zero-order chi connectivity index (χ0) is 21.6. The molecule has 0 saturated carbocycles. The maximum absolute atomic E-state index is 6.21. The monoisotopic (exact) mass is 452 g/mol.